The second-order valence-electron chi connectivity index (χ2n) is 9.00. The minimum absolute atomic E-state index is 0.0431. The molecule has 2 aliphatic carbocycles. The van der Waals surface area contributed by atoms with Crippen LogP contribution in [0, 0.1) is 11.8 Å². The average molecular weight is 451 g/mol. The zero-order chi connectivity index (χ0) is 23.5. The third-order valence-electron chi connectivity index (χ3n) is 6.77. The molecule has 2 aromatic rings. The molecule has 2 amide bonds. The predicted octanol–water partition coefficient (Wildman–Crippen LogP) is 3.92. The molecule has 3 N–H and O–H groups in total. The van der Waals surface area contributed by atoms with E-state index in [1.54, 1.807) is 0 Å². The summed E-state index contributed by atoms with van der Waals surface area (Å²) < 4.78 is 5.58. The molecule has 174 valence electrons. The molecule has 33 heavy (non-hydrogen) atoms. The quantitative estimate of drug-likeness (QED) is 0.537. The number of rotatable bonds is 9. The average Bonchev–Trinajstić information content (AvgIpc) is 3.61. The largest absolute Gasteiger partial charge is 0.480 e. The smallest absolute Gasteiger partial charge is 0.407 e. The van der Waals surface area contributed by atoms with E-state index in [-0.39, 0.29) is 24.4 Å². The highest BCUT2D eigenvalue weighted by molar-refractivity contribution is 5.89. The summed E-state index contributed by atoms with van der Waals surface area (Å²) in [6.45, 7) is 3.91. The van der Waals surface area contributed by atoms with Crippen LogP contribution in [0.3, 0.4) is 0 Å². The van der Waals surface area contributed by atoms with Gasteiger partial charge >= 0.3 is 12.1 Å². The van der Waals surface area contributed by atoms with Crippen LogP contribution in [0.15, 0.2) is 48.5 Å². The molecule has 0 radical (unpaired) electrons. The summed E-state index contributed by atoms with van der Waals surface area (Å²) >= 11 is 0. The molecule has 2 aromatic carbocycles. The van der Waals surface area contributed by atoms with Gasteiger partial charge in [0, 0.05) is 5.92 Å². The molecule has 0 spiro atoms. The van der Waals surface area contributed by atoms with E-state index in [4.69, 9.17) is 4.74 Å². The molecule has 1 fully saturated rings. The maximum Gasteiger partial charge on any atom is 0.407 e. The van der Waals surface area contributed by atoms with E-state index in [2.05, 4.69) is 22.8 Å². The predicted molar refractivity (Wildman–Crippen MR) is 124 cm³/mol. The second kappa shape index (κ2) is 9.65. The van der Waals surface area contributed by atoms with Gasteiger partial charge in [0.25, 0.3) is 0 Å². The first-order chi connectivity index (χ1) is 15.9. The molecular weight excluding hydrogens is 420 g/mol. The van der Waals surface area contributed by atoms with Crippen molar-refractivity contribution in [1.29, 1.82) is 0 Å². The van der Waals surface area contributed by atoms with Crippen molar-refractivity contribution in [3.8, 4) is 11.1 Å². The van der Waals surface area contributed by atoms with Crippen molar-refractivity contribution in [2.24, 2.45) is 11.8 Å². The number of carboxylic acid groups (broad SMARTS) is 1. The maximum absolute atomic E-state index is 12.9. The van der Waals surface area contributed by atoms with Gasteiger partial charge in [-0.1, -0.05) is 68.8 Å². The van der Waals surface area contributed by atoms with Crippen LogP contribution in [0.25, 0.3) is 11.1 Å². The molecule has 1 saturated carbocycles. The van der Waals surface area contributed by atoms with Crippen molar-refractivity contribution in [2.75, 3.05) is 6.61 Å². The van der Waals surface area contributed by atoms with Gasteiger partial charge < -0.3 is 20.5 Å². The zero-order valence-corrected chi connectivity index (χ0v) is 18.9. The van der Waals surface area contributed by atoms with Crippen LogP contribution in [0.2, 0.25) is 0 Å². The number of hydrogen-bond donors (Lipinski definition) is 3. The number of nitrogens with one attached hydrogen (secondary N) is 2. The first-order valence-electron chi connectivity index (χ1n) is 11.5. The van der Waals surface area contributed by atoms with Gasteiger partial charge in [-0.15, -0.1) is 0 Å². The molecule has 0 bridgehead atoms. The summed E-state index contributed by atoms with van der Waals surface area (Å²) in [6.07, 6.45) is 1.52. The van der Waals surface area contributed by atoms with Gasteiger partial charge in [0.05, 0.1) is 0 Å². The number of carbonyl (C=O) groups is 3. The fraction of sp³-hybridized carbons (Fsp3) is 0.423. The standard InChI is InChI=1S/C26H30N2O5/c1-3-15(2)22(24(29)27-23(25(30)31)16-12-13-16)28-26(32)33-14-21-19-10-6-4-8-17(19)18-9-5-7-11-20(18)21/h4-11,15-16,21-23H,3,12-14H2,1-2H3,(H,27,29)(H,28,32)(H,30,31)/t15-,22-,23?/m0/s1. The van der Waals surface area contributed by atoms with Crippen LogP contribution < -0.4 is 10.6 Å². The molecule has 0 aromatic heterocycles. The normalized spacial score (nSPS) is 17.3. The van der Waals surface area contributed by atoms with Crippen molar-refractivity contribution in [2.45, 2.75) is 51.1 Å². The molecule has 1 unspecified atom stereocenters. The molecule has 4 rings (SSSR count). The number of benzene rings is 2. The number of aliphatic carboxylic acids is 1. The van der Waals surface area contributed by atoms with Crippen LogP contribution in [0.4, 0.5) is 4.79 Å². The molecule has 3 atom stereocenters. The van der Waals surface area contributed by atoms with Gasteiger partial charge in [-0.3, -0.25) is 4.79 Å². The Bertz CT molecular complexity index is 1000. The number of carbonyl (C=O) groups excluding carboxylic acids is 2. The van der Waals surface area contributed by atoms with Crippen molar-refractivity contribution in [3.63, 3.8) is 0 Å². The highest BCUT2D eigenvalue weighted by Crippen LogP contribution is 2.44. The van der Waals surface area contributed by atoms with Crippen molar-refractivity contribution < 1.29 is 24.2 Å². The van der Waals surface area contributed by atoms with Crippen LogP contribution in [-0.2, 0) is 14.3 Å². The summed E-state index contributed by atoms with van der Waals surface area (Å²) in [5, 5.41) is 14.7. The topological polar surface area (TPSA) is 105 Å². The Kier molecular flexibility index (Phi) is 6.67. The van der Waals surface area contributed by atoms with E-state index in [0.29, 0.717) is 6.42 Å². The molecule has 0 saturated heterocycles. The van der Waals surface area contributed by atoms with Crippen molar-refractivity contribution in [3.05, 3.63) is 59.7 Å². The Hall–Kier alpha value is -3.35. The Labute approximate surface area is 193 Å². The van der Waals surface area contributed by atoms with Crippen LogP contribution in [0.1, 0.15) is 50.2 Å². The van der Waals surface area contributed by atoms with E-state index in [0.717, 1.165) is 35.1 Å². The maximum atomic E-state index is 12.9. The van der Waals surface area contributed by atoms with Crippen molar-refractivity contribution in [1.82, 2.24) is 10.6 Å². The van der Waals surface area contributed by atoms with E-state index < -0.39 is 30.1 Å². The summed E-state index contributed by atoms with van der Waals surface area (Å²) in [4.78, 5) is 37.1. The van der Waals surface area contributed by atoms with Crippen LogP contribution in [0.5, 0.6) is 0 Å². The number of ether oxygens (including phenoxy) is 1. The molecular formula is C26H30N2O5. The van der Waals surface area contributed by atoms with Crippen LogP contribution in [-0.4, -0.2) is 41.8 Å². The third-order valence-corrected chi connectivity index (χ3v) is 6.77. The summed E-state index contributed by atoms with van der Waals surface area (Å²) in [6, 6.07) is 14.4. The van der Waals surface area contributed by atoms with E-state index in [9.17, 15) is 19.5 Å². The molecule has 7 heteroatoms. The number of alkyl carbamates (subject to hydrolysis) is 1. The number of fused-ring (bicyclic) bond motifs is 3. The zero-order valence-electron chi connectivity index (χ0n) is 18.9. The molecule has 0 aliphatic heterocycles. The van der Waals surface area contributed by atoms with Gasteiger partial charge in [0.15, 0.2) is 0 Å². The second-order valence-corrected chi connectivity index (χ2v) is 9.00. The van der Waals surface area contributed by atoms with Gasteiger partial charge in [0.1, 0.15) is 18.7 Å². The highest BCUT2D eigenvalue weighted by Gasteiger charge is 2.39. The summed E-state index contributed by atoms with van der Waals surface area (Å²) in [5.41, 5.74) is 4.49. The lowest BCUT2D eigenvalue weighted by molar-refractivity contribution is -0.142. The summed E-state index contributed by atoms with van der Waals surface area (Å²) in [7, 11) is 0. The fourth-order valence-corrected chi connectivity index (χ4v) is 4.52. The third kappa shape index (κ3) is 4.87. The van der Waals surface area contributed by atoms with E-state index >= 15 is 0 Å². The van der Waals surface area contributed by atoms with E-state index in [1.807, 2.05) is 50.2 Å². The van der Waals surface area contributed by atoms with Gasteiger partial charge in [-0.25, -0.2) is 9.59 Å². The van der Waals surface area contributed by atoms with Gasteiger partial charge in [0.2, 0.25) is 5.91 Å². The number of hydrogen-bond acceptors (Lipinski definition) is 4. The minimum Gasteiger partial charge on any atom is -0.480 e. The summed E-state index contributed by atoms with van der Waals surface area (Å²) in [5.74, 6) is -1.84. The molecule has 0 heterocycles. The Morgan fingerprint density at radius 3 is 2.09 bits per heavy atom. The Balaban J connectivity index is 1.42. The SMILES string of the molecule is CC[C@H](C)[C@H](NC(=O)OCC1c2ccccc2-c2ccccc21)C(=O)NC(C(=O)O)C1CC1. The molecule has 7 nitrogen and oxygen atoms in total. The van der Waals surface area contributed by atoms with Crippen LogP contribution >= 0.6 is 0 Å². The van der Waals surface area contributed by atoms with E-state index in [1.165, 1.54) is 0 Å². The fourth-order valence-electron chi connectivity index (χ4n) is 4.52. The Morgan fingerprint density at radius 2 is 1.58 bits per heavy atom. The lowest BCUT2D eigenvalue weighted by Gasteiger charge is -2.25. The lowest BCUT2D eigenvalue weighted by atomic mass is 9.97. The first kappa shape index (κ1) is 22.8. The monoisotopic (exact) mass is 450 g/mol. The number of carboxylic acids is 1. The number of amides is 2. The molecule has 2 aliphatic rings. The van der Waals surface area contributed by atoms with Crippen molar-refractivity contribution >= 4 is 18.0 Å². The van der Waals surface area contributed by atoms with Gasteiger partial charge in [-0.05, 0) is 46.9 Å². The minimum atomic E-state index is -1.05. The Morgan fingerprint density at radius 1 is 1.00 bits per heavy atom. The highest BCUT2D eigenvalue weighted by atomic mass is 16.5. The van der Waals surface area contributed by atoms with Gasteiger partial charge in [-0.2, -0.15) is 0 Å². The first-order valence-corrected chi connectivity index (χ1v) is 11.5. The lowest BCUT2D eigenvalue weighted by Crippen LogP contribution is -2.54.